The van der Waals surface area contributed by atoms with Crippen LogP contribution in [0, 0.1) is 27.7 Å². The zero-order chi connectivity index (χ0) is 20.2. The Morgan fingerprint density at radius 1 is 0.667 bits per heavy atom. The molecular formula is C26H38O. The normalized spacial score (nSPS) is 16.0. The van der Waals surface area contributed by atoms with Crippen LogP contribution in [0.3, 0.4) is 0 Å². The number of ether oxygens (including phenoxy) is 1. The van der Waals surface area contributed by atoms with E-state index in [0.29, 0.717) is 0 Å². The molecule has 0 spiro atoms. The van der Waals surface area contributed by atoms with Gasteiger partial charge in [0.2, 0.25) is 0 Å². The molecule has 2 rings (SSSR count). The summed E-state index contributed by atoms with van der Waals surface area (Å²) in [4.78, 5) is 0. The number of rotatable bonds is 8. The van der Waals surface area contributed by atoms with Crippen molar-refractivity contribution in [2.45, 2.75) is 92.3 Å². The predicted octanol–water partition coefficient (Wildman–Crippen LogP) is 7.06. The van der Waals surface area contributed by atoms with Crippen molar-refractivity contribution in [3.8, 4) is 0 Å². The Hall–Kier alpha value is -1.60. The molecule has 2 unspecified atom stereocenters. The van der Waals surface area contributed by atoms with Crippen molar-refractivity contribution in [2.24, 2.45) is 0 Å². The Kier molecular flexibility index (Phi) is 6.92. The highest BCUT2D eigenvalue weighted by Crippen LogP contribution is 2.33. The number of aryl methyl sites for hydroxylation is 4. The fourth-order valence-corrected chi connectivity index (χ4v) is 3.96. The minimum absolute atomic E-state index is 0.163. The quantitative estimate of drug-likeness (QED) is 0.486. The third-order valence-corrected chi connectivity index (χ3v) is 6.11. The van der Waals surface area contributed by atoms with Crippen molar-refractivity contribution in [1.82, 2.24) is 0 Å². The molecule has 1 heteroatoms. The standard InChI is InChI=1S/C26H38O/c1-9-25(7,17-23-13-11-19(3)15-21(23)5)27-26(8,10-2)18-24-14-12-20(4)16-22(24)6/h11-16H,9-10,17-18H2,1-8H3. The summed E-state index contributed by atoms with van der Waals surface area (Å²) < 4.78 is 6.90. The largest absolute Gasteiger partial charge is 0.368 e. The highest BCUT2D eigenvalue weighted by molar-refractivity contribution is 5.32. The van der Waals surface area contributed by atoms with Gasteiger partial charge in [0, 0.05) is 12.8 Å². The topological polar surface area (TPSA) is 9.23 Å². The molecule has 0 aliphatic carbocycles. The number of hydrogen-bond acceptors (Lipinski definition) is 1. The molecule has 0 fully saturated rings. The highest BCUT2D eigenvalue weighted by Gasteiger charge is 2.34. The van der Waals surface area contributed by atoms with Gasteiger partial charge in [-0.15, -0.1) is 0 Å². The maximum Gasteiger partial charge on any atom is 0.0699 e. The molecule has 2 aromatic rings. The summed E-state index contributed by atoms with van der Waals surface area (Å²) in [6.45, 7) is 17.8. The Morgan fingerprint density at radius 2 is 1.04 bits per heavy atom. The van der Waals surface area contributed by atoms with E-state index in [1.165, 1.54) is 33.4 Å². The molecule has 0 aliphatic rings. The minimum atomic E-state index is -0.163. The molecule has 0 aliphatic heterocycles. The number of benzene rings is 2. The van der Waals surface area contributed by atoms with E-state index in [1.54, 1.807) is 0 Å². The maximum absolute atomic E-state index is 6.90. The molecule has 2 aromatic carbocycles. The maximum atomic E-state index is 6.90. The molecule has 0 aromatic heterocycles. The van der Waals surface area contributed by atoms with Gasteiger partial charge in [0.25, 0.3) is 0 Å². The molecular weight excluding hydrogens is 328 g/mol. The van der Waals surface area contributed by atoms with Crippen LogP contribution in [0.15, 0.2) is 36.4 Å². The second kappa shape index (κ2) is 8.61. The van der Waals surface area contributed by atoms with Crippen LogP contribution in [0.25, 0.3) is 0 Å². The van der Waals surface area contributed by atoms with Crippen molar-refractivity contribution in [1.29, 1.82) is 0 Å². The molecule has 0 heterocycles. The van der Waals surface area contributed by atoms with Crippen molar-refractivity contribution >= 4 is 0 Å². The molecule has 0 saturated carbocycles. The first-order valence-corrected chi connectivity index (χ1v) is 10.4. The van der Waals surface area contributed by atoms with Crippen LogP contribution in [-0.4, -0.2) is 11.2 Å². The van der Waals surface area contributed by atoms with Gasteiger partial charge in [-0.1, -0.05) is 61.4 Å². The predicted molar refractivity (Wildman–Crippen MR) is 118 cm³/mol. The van der Waals surface area contributed by atoms with Gasteiger partial charge in [-0.2, -0.15) is 0 Å². The molecule has 148 valence electrons. The lowest BCUT2D eigenvalue weighted by Crippen LogP contribution is -2.43. The highest BCUT2D eigenvalue weighted by atomic mass is 16.5. The zero-order valence-corrected chi connectivity index (χ0v) is 18.7. The summed E-state index contributed by atoms with van der Waals surface area (Å²) in [6.07, 6.45) is 3.92. The summed E-state index contributed by atoms with van der Waals surface area (Å²) in [5, 5.41) is 0. The van der Waals surface area contributed by atoms with E-state index in [9.17, 15) is 0 Å². The lowest BCUT2D eigenvalue weighted by Gasteiger charge is -2.41. The van der Waals surface area contributed by atoms with Crippen LogP contribution < -0.4 is 0 Å². The fourth-order valence-electron chi connectivity index (χ4n) is 3.96. The van der Waals surface area contributed by atoms with E-state index in [2.05, 4.69) is 91.8 Å². The Balaban J connectivity index is 2.23. The first-order chi connectivity index (χ1) is 12.6. The van der Waals surface area contributed by atoms with E-state index in [-0.39, 0.29) is 11.2 Å². The Morgan fingerprint density at radius 3 is 1.33 bits per heavy atom. The Bertz CT molecular complexity index is 710. The van der Waals surface area contributed by atoms with Crippen LogP contribution in [0.1, 0.15) is 73.9 Å². The first kappa shape index (κ1) is 21.7. The van der Waals surface area contributed by atoms with Gasteiger partial charge in [-0.05, 0) is 76.6 Å². The molecule has 27 heavy (non-hydrogen) atoms. The van der Waals surface area contributed by atoms with Crippen LogP contribution in [-0.2, 0) is 17.6 Å². The van der Waals surface area contributed by atoms with Crippen LogP contribution in [0.4, 0.5) is 0 Å². The van der Waals surface area contributed by atoms with Crippen LogP contribution in [0.5, 0.6) is 0 Å². The number of hydrogen-bond donors (Lipinski definition) is 0. The SMILES string of the molecule is CCC(C)(Cc1ccc(C)cc1C)OC(C)(CC)Cc1ccc(C)cc1C. The van der Waals surface area contributed by atoms with E-state index < -0.39 is 0 Å². The van der Waals surface area contributed by atoms with Crippen molar-refractivity contribution in [2.75, 3.05) is 0 Å². The van der Waals surface area contributed by atoms with Crippen molar-refractivity contribution in [3.05, 3.63) is 69.8 Å². The second-order valence-corrected chi connectivity index (χ2v) is 8.92. The molecule has 0 amide bonds. The summed E-state index contributed by atoms with van der Waals surface area (Å²) in [7, 11) is 0. The summed E-state index contributed by atoms with van der Waals surface area (Å²) in [6, 6.07) is 13.5. The molecule has 1 nitrogen and oxygen atoms in total. The smallest absolute Gasteiger partial charge is 0.0699 e. The third kappa shape index (κ3) is 5.69. The van der Waals surface area contributed by atoms with Gasteiger partial charge in [0.05, 0.1) is 11.2 Å². The van der Waals surface area contributed by atoms with Gasteiger partial charge in [0.15, 0.2) is 0 Å². The van der Waals surface area contributed by atoms with Crippen molar-refractivity contribution in [3.63, 3.8) is 0 Å². The lowest BCUT2D eigenvalue weighted by atomic mass is 9.86. The average molecular weight is 367 g/mol. The van der Waals surface area contributed by atoms with E-state index in [4.69, 9.17) is 4.74 Å². The second-order valence-electron chi connectivity index (χ2n) is 8.92. The van der Waals surface area contributed by atoms with Crippen LogP contribution >= 0.6 is 0 Å². The summed E-state index contributed by atoms with van der Waals surface area (Å²) >= 11 is 0. The fraction of sp³-hybridized carbons (Fsp3) is 0.538. The molecule has 0 bridgehead atoms. The summed E-state index contributed by atoms with van der Waals surface area (Å²) in [5.41, 5.74) is 7.85. The van der Waals surface area contributed by atoms with E-state index in [0.717, 1.165) is 25.7 Å². The molecule has 0 N–H and O–H groups in total. The molecule has 0 saturated heterocycles. The monoisotopic (exact) mass is 366 g/mol. The zero-order valence-electron chi connectivity index (χ0n) is 18.7. The Labute approximate surface area is 167 Å². The van der Waals surface area contributed by atoms with Crippen molar-refractivity contribution < 1.29 is 4.74 Å². The molecule has 2 atom stereocenters. The molecule has 0 radical (unpaired) electrons. The van der Waals surface area contributed by atoms with Crippen LogP contribution in [0.2, 0.25) is 0 Å². The van der Waals surface area contributed by atoms with Gasteiger partial charge in [-0.25, -0.2) is 0 Å². The van der Waals surface area contributed by atoms with E-state index >= 15 is 0 Å². The average Bonchev–Trinajstić information content (AvgIpc) is 2.60. The van der Waals surface area contributed by atoms with Gasteiger partial charge in [0.1, 0.15) is 0 Å². The summed E-state index contributed by atoms with van der Waals surface area (Å²) in [5.74, 6) is 0. The lowest BCUT2D eigenvalue weighted by molar-refractivity contribution is -0.143. The van der Waals surface area contributed by atoms with Gasteiger partial charge in [-0.3, -0.25) is 0 Å². The minimum Gasteiger partial charge on any atom is -0.368 e. The van der Waals surface area contributed by atoms with Gasteiger partial charge < -0.3 is 4.74 Å². The van der Waals surface area contributed by atoms with Gasteiger partial charge >= 0.3 is 0 Å². The first-order valence-electron chi connectivity index (χ1n) is 10.4. The third-order valence-electron chi connectivity index (χ3n) is 6.11. The van der Waals surface area contributed by atoms with E-state index in [1.807, 2.05) is 0 Å².